The maximum atomic E-state index is 12.5. The van der Waals surface area contributed by atoms with Crippen molar-refractivity contribution in [2.75, 3.05) is 11.9 Å². The van der Waals surface area contributed by atoms with E-state index in [2.05, 4.69) is 10.6 Å². The highest BCUT2D eigenvalue weighted by atomic mass is 16.2. The van der Waals surface area contributed by atoms with Crippen molar-refractivity contribution in [3.8, 4) is 0 Å². The standard InChI is InChI=1S/C17H19N3O4/c1-10(21)11-4-3-5-13(8-11)18-14(22)9-20-15(23)17(2,12-6-7-12)19-16(20)24/h3-5,8,12H,6-7,9H2,1-2H3,(H,18,22)(H,19,24)/t17-/m1/s1. The van der Waals surface area contributed by atoms with Crippen LogP contribution in [0.15, 0.2) is 24.3 Å². The zero-order valence-electron chi connectivity index (χ0n) is 13.6. The van der Waals surface area contributed by atoms with Gasteiger partial charge in [-0.3, -0.25) is 19.3 Å². The van der Waals surface area contributed by atoms with Crippen LogP contribution in [0.5, 0.6) is 0 Å². The summed E-state index contributed by atoms with van der Waals surface area (Å²) >= 11 is 0. The second kappa shape index (κ2) is 5.74. The highest BCUT2D eigenvalue weighted by Crippen LogP contribution is 2.42. The van der Waals surface area contributed by atoms with Gasteiger partial charge in [0, 0.05) is 11.3 Å². The van der Waals surface area contributed by atoms with Crippen molar-refractivity contribution in [3.05, 3.63) is 29.8 Å². The molecular formula is C17H19N3O4. The van der Waals surface area contributed by atoms with Crippen molar-refractivity contribution < 1.29 is 19.2 Å². The van der Waals surface area contributed by atoms with Crippen LogP contribution < -0.4 is 10.6 Å². The number of rotatable bonds is 5. The molecule has 2 N–H and O–H groups in total. The molecule has 0 bridgehead atoms. The fourth-order valence-electron chi connectivity index (χ4n) is 2.96. The number of ketones is 1. The maximum Gasteiger partial charge on any atom is 0.325 e. The Morgan fingerprint density at radius 2 is 2.04 bits per heavy atom. The molecule has 0 radical (unpaired) electrons. The Bertz CT molecular complexity index is 741. The van der Waals surface area contributed by atoms with Crippen LogP contribution in [0.25, 0.3) is 0 Å². The minimum atomic E-state index is -0.897. The molecule has 2 aliphatic rings. The van der Waals surface area contributed by atoms with E-state index in [0.29, 0.717) is 11.3 Å². The molecule has 7 heteroatoms. The highest BCUT2D eigenvalue weighted by Gasteiger charge is 2.56. The van der Waals surface area contributed by atoms with Gasteiger partial charge < -0.3 is 10.6 Å². The summed E-state index contributed by atoms with van der Waals surface area (Å²) in [6.45, 7) is 2.79. The van der Waals surface area contributed by atoms with E-state index >= 15 is 0 Å². The lowest BCUT2D eigenvalue weighted by Crippen LogP contribution is -2.46. The van der Waals surface area contributed by atoms with Crippen molar-refractivity contribution in [1.82, 2.24) is 10.2 Å². The molecule has 0 spiro atoms. The number of Topliss-reactive ketones (excluding diaryl/α,β-unsaturated/α-hetero) is 1. The van der Waals surface area contributed by atoms with E-state index in [4.69, 9.17) is 0 Å². The monoisotopic (exact) mass is 329 g/mol. The number of hydrogen-bond donors (Lipinski definition) is 2. The zero-order valence-corrected chi connectivity index (χ0v) is 13.6. The van der Waals surface area contributed by atoms with Gasteiger partial charge in [-0.25, -0.2) is 4.79 Å². The van der Waals surface area contributed by atoms with Gasteiger partial charge in [-0.15, -0.1) is 0 Å². The van der Waals surface area contributed by atoms with E-state index in [1.165, 1.54) is 6.92 Å². The van der Waals surface area contributed by atoms with Crippen molar-refractivity contribution in [2.45, 2.75) is 32.2 Å². The lowest BCUT2D eigenvalue weighted by atomic mass is 9.96. The summed E-state index contributed by atoms with van der Waals surface area (Å²) in [6, 6.07) is 5.97. The number of carbonyl (C=O) groups excluding carboxylic acids is 4. The van der Waals surface area contributed by atoms with Gasteiger partial charge in [0.25, 0.3) is 5.91 Å². The molecule has 7 nitrogen and oxygen atoms in total. The lowest BCUT2D eigenvalue weighted by molar-refractivity contribution is -0.134. The minimum Gasteiger partial charge on any atom is -0.325 e. The molecule has 1 heterocycles. The molecule has 0 unspecified atom stereocenters. The van der Waals surface area contributed by atoms with Gasteiger partial charge in [0.1, 0.15) is 12.1 Å². The van der Waals surface area contributed by atoms with Gasteiger partial charge >= 0.3 is 6.03 Å². The number of benzene rings is 1. The minimum absolute atomic E-state index is 0.111. The number of nitrogens with one attached hydrogen (secondary N) is 2. The molecular weight excluding hydrogens is 310 g/mol. The Hall–Kier alpha value is -2.70. The molecule has 1 aliphatic heterocycles. The largest absolute Gasteiger partial charge is 0.325 e. The maximum absolute atomic E-state index is 12.5. The molecule has 1 saturated heterocycles. The van der Waals surface area contributed by atoms with Crippen molar-refractivity contribution in [2.24, 2.45) is 5.92 Å². The molecule has 1 saturated carbocycles. The molecule has 4 amide bonds. The molecule has 1 atom stereocenters. The van der Waals surface area contributed by atoms with E-state index < -0.39 is 17.5 Å². The summed E-state index contributed by atoms with van der Waals surface area (Å²) in [5.41, 5.74) is 0.0279. The second-order valence-electron chi connectivity index (χ2n) is 6.48. The number of hydrogen-bond acceptors (Lipinski definition) is 4. The van der Waals surface area contributed by atoms with Crippen LogP contribution in [-0.2, 0) is 9.59 Å². The second-order valence-corrected chi connectivity index (χ2v) is 6.48. The molecule has 24 heavy (non-hydrogen) atoms. The van der Waals surface area contributed by atoms with Gasteiger partial charge in [0.15, 0.2) is 5.78 Å². The van der Waals surface area contributed by atoms with E-state index in [9.17, 15) is 19.2 Å². The van der Waals surface area contributed by atoms with Crippen LogP contribution in [0.1, 0.15) is 37.0 Å². The average molecular weight is 329 g/mol. The summed E-state index contributed by atoms with van der Waals surface area (Å²) in [7, 11) is 0. The molecule has 1 aliphatic carbocycles. The van der Waals surface area contributed by atoms with Crippen molar-refractivity contribution in [1.29, 1.82) is 0 Å². The number of amides is 4. The van der Waals surface area contributed by atoms with E-state index in [1.54, 1.807) is 31.2 Å². The van der Waals surface area contributed by atoms with Gasteiger partial charge in [0.2, 0.25) is 5.91 Å². The first-order chi connectivity index (χ1) is 11.3. The normalized spacial score (nSPS) is 23.2. The van der Waals surface area contributed by atoms with E-state index in [0.717, 1.165) is 17.7 Å². The van der Waals surface area contributed by atoms with Gasteiger partial charge in [-0.05, 0) is 44.7 Å². The number of nitrogens with zero attached hydrogens (tertiary/aromatic N) is 1. The topological polar surface area (TPSA) is 95.6 Å². The van der Waals surface area contributed by atoms with Crippen LogP contribution in [0.2, 0.25) is 0 Å². The fraction of sp³-hybridized carbons (Fsp3) is 0.412. The zero-order chi connectivity index (χ0) is 17.5. The predicted octanol–water partition coefficient (Wildman–Crippen LogP) is 1.55. The smallest absolute Gasteiger partial charge is 0.325 e. The first-order valence-corrected chi connectivity index (χ1v) is 7.86. The van der Waals surface area contributed by atoms with Gasteiger partial charge in [-0.1, -0.05) is 12.1 Å². The van der Waals surface area contributed by atoms with Gasteiger partial charge in [-0.2, -0.15) is 0 Å². The van der Waals surface area contributed by atoms with Crippen LogP contribution >= 0.6 is 0 Å². The number of carbonyl (C=O) groups is 4. The lowest BCUT2D eigenvalue weighted by Gasteiger charge is -2.20. The Morgan fingerprint density at radius 3 is 2.67 bits per heavy atom. The third-order valence-corrected chi connectivity index (χ3v) is 4.55. The molecule has 0 aromatic heterocycles. The first-order valence-electron chi connectivity index (χ1n) is 7.86. The molecule has 1 aromatic rings. The Morgan fingerprint density at radius 1 is 1.33 bits per heavy atom. The SMILES string of the molecule is CC(=O)c1cccc(NC(=O)CN2C(=O)N[C@](C)(C3CC3)C2=O)c1. The molecule has 3 rings (SSSR count). The van der Waals surface area contributed by atoms with Crippen LogP contribution in [0.4, 0.5) is 10.5 Å². The molecule has 126 valence electrons. The predicted molar refractivity (Wildman–Crippen MR) is 86.4 cm³/mol. The highest BCUT2D eigenvalue weighted by molar-refractivity contribution is 6.10. The number of urea groups is 1. The number of anilines is 1. The summed E-state index contributed by atoms with van der Waals surface area (Å²) in [6.07, 6.45) is 1.81. The van der Waals surface area contributed by atoms with Crippen LogP contribution in [0.3, 0.4) is 0 Å². The molecule has 2 fully saturated rings. The van der Waals surface area contributed by atoms with Crippen LogP contribution in [0, 0.1) is 5.92 Å². The van der Waals surface area contributed by atoms with E-state index in [1.807, 2.05) is 0 Å². The summed E-state index contributed by atoms with van der Waals surface area (Å²) < 4.78 is 0. The van der Waals surface area contributed by atoms with E-state index in [-0.39, 0.29) is 24.2 Å². The summed E-state index contributed by atoms with van der Waals surface area (Å²) in [4.78, 5) is 49.0. The number of imide groups is 1. The van der Waals surface area contributed by atoms with Crippen LogP contribution in [-0.4, -0.2) is 40.6 Å². The summed E-state index contributed by atoms with van der Waals surface area (Å²) in [5, 5.41) is 5.31. The van der Waals surface area contributed by atoms with Gasteiger partial charge in [0.05, 0.1) is 0 Å². The first kappa shape index (κ1) is 16.2. The fourth-order valence-corrected chi connectivity index (χ4v) is 2.96. The molecule has 1 aromatic carbocycles. The van der Waals surface area contributed by atoms with Crippen molar-refractivity contribution in [3.63, 3.8) is 0 Å². The third kappa shape index (κ3) is 2.89. The quantitative estimate of drug-likeness (QED) is 0.633. The Balaban J connectivity index is 1.67. The average Bonchev–Trinajstić information content (AvgIpc) is 3.34. The van der Waals surface area contributed by atoms with Crippen molar-refractivity contribution >= 4 is 29.3 Å². The third-order valence-electron chi connectivity index (χ3n) is 4.55. The Labute approximate surface area is 139 Å². The summed E-state index contributed by atoms with van der Waals surface area (Å²) in [5.74, 6) is -0.809. The Kier molecular flexibility index (Phi) is 3.87.